The fourth-order valence-corrected chi connectivity index (χ4v) is 60.8. The average Bonchev–Trinajstić information content (AvgIpc) is 2.17. The summed E-state index contributed by atoms with van der Waals surface area (Å²) in [7, 11) is 6.25. The normalized spacial score (nSPS) is 38.4. The van der Waals surface area contributed by atoms with Crippen LogP contribution >= 0.6 is 0 Å². The Morgan fingerprint density at radius 2 is 1.20 bits per heavy atom. The SMILES string of the molecule is [Si]1[Si][Si]12[Si][Si]2. The first-order valence-corrected chi connectivity index (χ1v) is 13.5. The summed E-state index contributed by atoms with van der Waals surface area (Å²) in [5.41, 5.74) is 0. The quantitative estimate of drug-likeness (QED) is 0.345. The zero-order chi connectivity index (χ0) is 3.33. The van der Waals surface area contributed by atoms with Crippen LogP contribution in [-0.2, 0) is 0 Å². The fraction of sp³-hybridized carbons (Fsp3) is 0. The summed E-state index contributed by atoms with van der Waals surface area (Å²) >= 11 is 0. The molecule has 0 unspecified atom stereocenters. The Balaban J connectivity index is 2.30. The van der Waals surface area contributed by atoms with E-state index in [4.69, 9.17) is 0 Å². The molecule has 2 heterocycles. The standard InChI is InChI=1S/Si5/c1-2-5(1)3-4-5. The van der Waals surface area contributed by atoms with E-state index in [1.165, 1.54) is 0 Å². The molecule has 0 aromatic carbocycles. The molecule has 5 heavy (non-hydrogen) atoms. The maximum Gasteiger partial charge on any atom is 0 e. The van der Waals surface area contributed by atoms with Crippen LogP contribution in [0.1, 0.15) is 0 Å². The third-order valence-electron chi connectivity index (χ3n) is 0.750. The van der Waals surface area contributed by atoms with Gasteiger partial charge < -0.3 is 0 Å². The van der Waals surface area contributed by atoms with Crippen LogP contribution in [0.2, 0.25) is 0 Å². The zero-order valence-electron chi connectivity index (χ0n) is 2.50. The number of hydrogen-bond acceptors (Lipinski definition) is 0. The fourth-order valence-electron chi connectivity index (χ4n) is 0.250. The summed E-state index contributed by atoms with van der Waals surface area (Å²) < 4.78 is 0. The van der Waals surface area contributed by atoms with E-state index in [0.717, 1.165) is 0 Å². The van der Waals surface area contributed by atoms with Gasteiger partial charge in [0.05, 0.1) is 0 Å². The van der Waals surface area contributed by atoms with Crippen molar-refractivity contribution in [1.29, 1.82) is 0 Å². The molecule has 0 N–H and O–H groups in total. The lowest BCUT2D eigenvalue weighted by Crippen LogP contribution is -1.94. The molecule has 0 atom stereocenters. The summed E-state index contributed by atoms with van der Waals surface area (Å²) in [5, 5.41) is 0. The highest BCUT2D eigenvalue weighted by Crippen LogP contribution is 2.18. The Kier molecular flexibility index (Phi) is 0.433. The van der Waals surface area contributed by atoms with Gasteiger partial charge in [-0.15, -0.1) is 0 Å². The lowest BCUT2D eigenvalue weighted by atomic mass is 26.5. The molecule has 0 aromatic rings. The van der Waals surface area contributed by atoms with Gasteiger partial charge >= 0.3 is 0 Å². The zero-order valence-corrected chi connectivity index (χ0v) is 7.50. The molecule has 2 aliphatic rings. The third-order valence-corrected chi connectivity index (χ3v) is 47.2. The maximum atomic E-state index is 1.56. The van der Waals surface area contributed by atoms with Gasteiger partial charge in [0.15, 0.2) is 0 Å². The first-order chi connectivity index (χ1) is 2.41. The second-order valence-electron chi connectivity index (χ2n) is 1.25. The highest BCUT2D eigenvalue weighted by Gasteiger charge is 2.56. The first kappa shape index (κ1) is 3.13. The van der Waals surface area contributed by atoms with Gasteiger partial charge in [0, 0.05) is 40.4 Å². The van der Waals surface area contributed by atoms with E-state index in [1.54, 1.807) is 34.2 Å². The van der Waals surface area contributed by atoms with Crippen LogP contribution in [0.25, 0.3) is 0 Å². The summed E-state index contributed by atoms with van der Waals surface area (Å²) in [4.78, 5) is 0. The predicted molar refractivity (Wildman–Crippen MR) is 28.8 cm³/mol. The summed E-state index contributed by atoms with van der Waals surface area (Å²) in [6, 6.07) is 0. The van der Waals surface area contributed by atoms with E-state index in [-0.39, 0.29) is 6.14 Å². The van der Waals surface area contributed by atoms with E-state index >= 15 is 0 Å². The van der Waals surface area contributed by atoms with Crippen molar-refractivity contribution in [1.82, 2.24) is 0 Å². The highest BCUT2D eigenvalue weighted by atomic mass is 30.6. The van der Waals surface area contributed by atoms with E-state index < -0.39 is 0 Å². The van der Waals surface area contributed by atoms with Gasteiger partial charge in [-0.2, -0.15) is 0 Å². The minimum Gasteiger partial charge on any atom is 0 e. The second kappa shape index (κ2) is 0.690. The second-order valence-corrected chi connectivity index (χ2v) is 33.8. The molecular formula is Si5. The maximum absolute atomic E-state index is 1.56. The van der Waals surface area contributed by atoms with Crippen molar-refractivity contribution in [2.24, 2.45) is 0 Å². The molecule has 2 aliphatic heterocycles. The van der Waals surface area contributed by atoms with Crippen molar-refractivity contribution in [3.63, 3.8) is 0 Å². The Labute approximate surface area is 40.8 Å². The predicted octanol–water partition coefficient (Wildman–Crippen LogP) is -1.90. The van der Waals surface area contributed by atoms with E-state index in [2.05, 4.69) is 0 Å². The highest BCUT2D eigenvalue weighted by molar-refractivity contribution is 8.32. The molecule has 1 spiro atoms. The third kappa shape index (κ3) is 0.394. The Bertz CT molecular complexity index is 42.9. The average molecular weight is 140 g/mol. The van der Waals surface area contributed by atoms with Crippen molar-refractivity contribution < 1.29 is 0 Å². The summed E-state index contributed by atoms with van der Waals surface area (Å²) in [6.45, 7) is 0. The number of rotatable bonds is 0. The van der Waals surface area contributed by atoms with Crippen LogP contribution in [0.5, 0.6) is 0 Å². The molecule has 2 rings (SSSR count). The molecule has 0 bridgehead atoms. The van der Waals surface area contributed by atoms with Gasteiger partial charge in [0.1, 0.15) is 0 Å². The molecule has 0 aromatic heterocycles. The van der Waals surface area contributed by atoms with Crippen LogP contribution in [0.4, 0.5) is 0 Å². The van der Waals surface area contributed by atoms with E-state index in [0.29, 0.717) is 0 Å². The molecule has 2 saturated heterocycles. The number of hydrogen-bond donors (Lipinski definition) is 0. The Morgan fingerprint density at radius 1 is 0.800 bits per heavy atom. The molecule has 2 fully saturated rings. The molecule has 0 nitrogen and oxygen atoms in total. The monoisotopic (exact) mass is 140 g/mol. The molecule has 20 valence electrons. The molecule has 5 heteroatoms. The minimum atomic E-state index is 0. The van der Waals surface area contributed by atoms with E-state index in [1.807, 2.05) is 0 Å². The molecule has 0 amide bonds. The van der Waals surface area contributed by atoms with Crippen molar-refractivity contribution in [3.8, 4) is 0 Å². The van der Waals surface area contributed by atoms with Crippen molar-refractivity contribution >= 4 is 40.4 Å². The lowest BCUT2D eigenvalue weighted by Gasteiger charge is -1.56. The largest absolute Gasteiger partial charge is 0 e. The van der Waals surface area contributed by atoms with Crippen LogP contribution in [-0.4, -0.2) is 40.4 Å². The Morgan fingerprint density at radius 3 is 1.20 bits per heavy atom. The van der Waals surface area contributed by atoms with Crippen LogP contribution in [0, 0.1) is 0 Å². The van der Waals surface area contributed by atoms with Gasteiger partial charge in [-0.05, 0) is 0 Å². The van der Waals surface area contributed by atoms with Gasteiger partial charge in [0.25, 0.3) is 0 Å². The van der Waals surface area contributed by atoms with Crippen molar-refractivity contribution in [2.75, 3.05) is 0 Å². The minimum absolute atomic E-state index is 0. The van der Waals surface area contributed by atoms with Crippen molar-refractivity contribution in [3.05, 3.63) is 0 Å². The summed E-state index contributed by atoms with van der Waals surface area (Å²) in [5.74, 6) is 0. The summed E-state index contributed by atoms with van der Waals surface area (Å²) in [6.07, 6.45) is 0. The lowest BCUT2D eigenvalue weighted by molar-refractivity contribution is 4.19. The first-order valence-electron chi connectivity index (χ1n) is 1.50. The van der Waals surface area contributed by atoms with Crippen LogP contribution in [0.15, 0.2) is 0 Å². The smallest absolute Gasteiger partial charge is 0 e. The van der Waals surface area contributed by atoms with Crippen LogP contribution < -0.4 is 0 Å². The van der Waals surface area contributed by atoms with Crippen LogP contribution in [0.3, 0.4) is 0 Å². The van der Waals surface area contributed by atoms with Gasteiger partial charge in [0.2, 0.25) is 0 Å². The molecule has 0 saturated carbocycles. The van der Waals surface area contributed by atoms with Gasteiger partial charge in [-0.3, -0.25) is 0 Å². The molecular weight excluding hydrogens is 140 g/mol. The van der Waals surface area contributed by atoms with E-state index in [9.17, 15) is 0 Å². The molecule has 8 radical (unpaired) electrons. The topological polar surface area (TPSA) is 0 Å². The molecule has 0 aliphatic carbocycles. The van der Waals surface area contributed by atoms with Crippen molar-refractivity contribution in [2.45, 2.75) is 0 Å². The van der Waals surface area contributed by atoms with Gasteiger partial charge in [-0.25, -0.2) is 0 Å². The van der Waals surface area contributed by atoms with Gasteiger partial charge in [-0.1, -0.05) is 0 Å². The Hall–Kier alpha value is 1.08.